The van der Waals surface area contributed by atoms with Crippen molar-refractivity contribution in [3.63, 3.8) is 0 Å². The third kappa shape index (κ3) is 7.83. The first-order valence-electron chi connectivity index (χ1n) is 8.87. The summed E-state index contributed by atoms with van der Waals surface area (Å²) in [5.41, 5.74) is 0.212. The first-order valence-corrected chi connectivity index (χ1v) is 8.87. The van der Waals surface area contributed by atoms with Gasteiger partial charge in [0.05, 0.1) is 19.3 Å². The van der Waals surface area contributed by atoms with Crippen molar-refractivity contribution in [2.75, 3.05) is 19.8 Å². The van der Waals surface area contributed by atoms with E-state index < -0.39 is 12.1 Å². The standard InChI is InChI=1S/C19H30N2O5/c1-14(2)16(23)25-7-6-8-26-17(24)20-12-19(5)10-15(21-13-22)9-18(3,4)11-19/h15H,1,6-12H2,2-5H3,(H,20,24). The van der Waals surface area contributed by atoms with Crippen molar-refractivity contribution in [1.29, 1.82) is 0 Å². The Morgan fingerprint density at radius 3 is 2.50 bits per heavy atom. The van der Waals surface area contributed by atoms with Crippen LogP contribution in [0.25, 0.3) is 0 Å². The van der Waals surface area contributed by atoms with Crippen LogP contribution >= 0.6 is 0 Å². The van der Waals surface area contributed by atoms with Crippen LogP contribution in [0.3, 0.4) is 0 Å². The lowest BCUT2D eigenvalue weighted by molar-refractivity contribution is -0.139. The normalized spacial score (nSPS) is 24.1. The summed E-state index contributed by atoms with van der Waals surface area (Å²) in [6.07, 6.45) is 4.06. The number of amides is 1. The van der Waals surface area contributed by atoms with Crippen LogP contribution in [0.15, 0.2) is 17.1 Å². The van der Waals surface area contributed by atoms with Crippen LogP contribution < -0.4 is 5.32 Å². The van der Waals surface area contributed by atoms with E-state index in [1.54, 1.807) is 13.0 Å². The monoisotopic (exact) mass is 366 g/mol. The lowest BCUT2D eigenvalue weighted by Crippen LogP contribution is -2.44. The van der Waals surface area contributed by atoms with Gasteiger partial charge in [0, 0.05) is 18.5 Å². The highest BCUT2D eigenvalue weighted by Crippen LogP contribution is 2.46. The second-order valence-electron chi connectivity index (χ2n) is 8.19. The van der Waals surface area contributed by atoms with Gasteiger partial charge >= 0.3 is 12.1 Å². The van der Waals surface area contributed by atoms with E-state index in [0.29, 0.717) is 18.5 Å². The first kappa shape index (κ1) is 21.9. The maximum atomic E-state index is 11.9. The molecule has 0 bridgehead atoms. The zero-order valence-electron chi connectivity index (χ0n) is 16.2. The van der Waals surface area contributed by atoms with Crippen LogP contribution in [0.1, 0.15) is 53.4 Å². The molecule has 1 fully saturated rings. The fourth-order valence-electron chi connectivity index (χ4n) is 3.73. The molecule has 1 aliphatic rings. The molecule has 0 heterocycles. The maximum absolute atomic E-state index is 11.9. The third-order valence-corrected chi connectivity index (χ3v) is 4.42. The van der Waals surface area contributed by atoms with Gasteiger partial charge in [0.25, 0.3) is 0 Å². The minimum Gasteiger partial charge on any atom is -0.462 e. The summed E-state index contributed by atoms with van der Waals surface area (Å²) < 4.78 is 10.0. The zero-order valence-corrected chi connectivity index (χ0v) is 16.2. The Bertz CT molecular complexity index is 580. The average molecular weight is 366 g/mol. The smallest absolute Gasteiger partial charge is 0.407 e. The van der Waals surface area contributed by atoms with Gasteiger partial charge in [-0.25, -0.2) is 19.4 Å². The predicted octanol–water partition coefficient (Wildman–Crippen LogP) is 3.14. The third-order valence-electron chi connectivity index (χ3n) is 4.42. The van der Waals surface area contributed by atoms with E-state index in [0.717, 1.165) is 19.3 Å². The number of rotatable bonds is 8. The second kappa shape index (κ2) is 9.53. The van der Waals surface area contributed by atoms with Gasteiger partial charge in [-0.05, 0) is 37.0 Å². The number of carbonyl (C=O) groups excluding carboxylic acids is 3. The van der Waals surface area contributed by atoms with E-state index in [9.17, 15) is 14.4 Å². The average Bonchev–Trinajstić information content (AvgIpc) is 2.50. The molecule has 0 aliphatic heterocycles. The second-order valence-corrected chi connectivity index (χ2v) is 8.19. The number of ether oxygens (including phenoxy) is 2. The molecule has 0 spiro atoms. The molecule has 0 aromatic rings. The van der Waals surface area contributed by atoms with E-state index in [4.69, 9.17) is 9.47 Å². The lowest BCUT2D eigenvalue weighted by Gasteiger charge is -2.45. The molecule has 1 aliphatic carbocycles. The van der Waals surface area contributed by atoms with E-state index in [2.05, 4.69) is 37.7 Å². The summed E-state index contributed by atoms with van der Waals surface area (Å²) in [7, 11) is 0. The van der Waals surface area contributed by atoms with Crippen LogP contribution in [-0.2, 0) is 19.1 Å². The van der Waals surface area contributed by atoms with Gasteiger partial charge < -0.3 is 14.8 Å². The minimum absolute atomic E-state index is 0.0385. The highest BCUT2D eigenvalue weighted by Gasteiger charge is 2.41. The minimum atomic E-state index is -0.503. The summed E-state index contributed by atoms with van der Waals surface area (Å²) in [5.74, 6) is -0.449. The Morgan fingerprint density at radius 2 is 1.88 bits per heavy atom. The first-order chi connectivity index (χ1) is 12.1. The molecule has 1 N–H and O–H groups in total. The largest absolute Gasteiger partial charge is 0.462 e. The topological polar surface area (TPSA) is 94.1 Å². The number of hydrogen-bond donors (Lipinski definition) is 1. The van der Waals surface area contributed by atoms with Gasteiger partial charge in [-0.1, -0.05) is 27.4 Å². The van der Waals surface area contributed by atoms with Crippen molar-refractivity contribution in [1.82, 2.24) is 5.32 Å². The van der Waals surface area contributed by atoms with Crippen molar-refractivity contribution in [3.05, 3.63) is 12.2 Å². The summed E-state index contributed by atoms with van der Waals surface area (Å²) in [4.78, 5) is 37.6. The summed E-state index contributed by atoms with van der Waals surface area (Å²) in [6.45, 7) is 12.2. The van der Waals surface area contributed by atoms with Crippen molar-refractivity contribution in [2.45, 2.75) is 59.4 Å². The Balaban J connectivity index is 2.35. The molecule has 7 heteroatoms. The molecule has 0 radical (unpaired) electrons. The van der Waals surface area contributed by atoms with Crippen molar-refractivity contribution >= 4 is 18.1 Å². The number of nitrogens with zero attached hydrogens (tertiary/aromatic N) is 1. The molecule has 0 saturated heterocycles. The lowest BCUT2D eigenvalue weighted by atomic mass is 9.63. The molecule has 1 rings (SSSR count). The molecule has 2 unspecified atom stereocenters. The van der Waals surface area contributed by atoms with Gasteiger partial charge in [0.2, 0.25) is 6.08 Å². The van der Waals surface area contributed by atoms with Crippen LogP contribution in [0, 0.1) is 10.8 Å². The van der Waals surface area contributed by atoms with Crippen LogP contribution in [0.5, 0.6) is 0 Å². The molecular weight excluding hydrogens is 336 g/mol. The Labute approximate surface area is 155 Å². The molecular formula is C19H30N2O5. The summed E-state index contributed by atoms with van der Waals surface area (Å²) in [5, 5.41) is 2.79. The summed E-state index contributed by atoms with van der Waals surface area (Å²) >= 11 is 0. The predicted molar refractivity (Wildman–Crippen MR) is 97.4 cm³/mol. The molecule has 1 amide bonds. The number of carbonyl (C=O) groups is 2. The van der Waals surface area contributed by atoms with Gasteiger partial charge in [-0.15, -0.1) is 0 Å². The van der Waals surface area contributed by atoms with Gasteiger partial charge in [0.1, 0.15) is 0 Å². The Hall–Kier alpha value is -2.14. The molecule has 0 aromatic carbocycles. The fraction of sp³-hybridized carbons (Fsp3) is 0.737. The van der Waals surface area contributed by atoms with Gasteiger partial charge in [-0.3, -0.25) is 0 Å². The van der Waals surface area contributed by atoms with Gasteiger partial charge in [0.15, 0.2) is 0 Å². The molecule has 26 heavy (non-hydrogen) atoms. The molecule has 7 nitrogen and oxygen atoms in total. The fourth-order valence-corrected chi connectivity index (χ4v) is 3.73. The van der Waals surface area contributed by atoms with Crippen molar-refractivity contribution in [2.24, 2.45) is 15.8 Å². The molecule has 2 atom stereocenters. The van der Waals surface area contributed by atoms with Crippen LogP contribution in [-0.4, -0.2) is 43.9 Å². The number of isocyanates is 1. The van der Waals surface area contributed by atoms with Crippen molar-refractivity contribution in [3.8, 4) is 0 Å². The maximum Gasteiger partial charge on any atom is 0.407 e. The van der Waals surface area contributed by atoms with E-state index in [1.165, 1.54) is 0 Å². The number of aliphatic imine (C=N–C) groups is 1. The van der Waals surface area contributed by atoms with E-state index in [1.807, 2.05) is 0 Å². The number of hydrogen-bond acceptors (Lipinski definition) is 6. The van der Waals surface area contributed by atoms with Crippen LogP contribution in [0.2, 0.25) is 0 Å². The Morgan fingerprint density at radius 1 is 1.23 bits per heavy atom. The SMILES string of the molecule is C=C(C)C(=O)OCCCOC(=O)NCC1(C)CC(N=C=O)CC(C)(C)C1. The molecule has 0 aromatic heterocycles. The molecule has 1 saturated carbocycles. The van der Waals surface area contributed by atoms with Gasteiger partial charge in [-0.2, -0.15) is 0 Å². The number of alkyl carbamates (subject to hydrolysis) is 1. The quantitative estimate of drug-likeness (QED) is 0.234. The van der Waals surface area contributed by atoms with Crippen molar-refractivity contribution < 1.29 is 23.9 Å². The van der Waals surface area contributed by atoms with E-state index >= 15 is 0 Å². The zero-order chi connectivity index (χ0) is 19.8. The van der Waals surface area contributed by atoms with Crippen LogP contribution in [0.4, 0.5) is 4.79 Å². The van der Waals surface area contributed by atoms with E-state index in [-0.39, 0.29) is 30.1 Å². The number of nitrogens with one attached hydrogen (secondary N) is 1. The molecule has 146 valence electrons. The highest BCUT2D eigenvalue weighted by molar-refractivity contribution is 5.86. The summed E-state index contributed by atoms with van der Waals surface area (Å²) in [6, 6.07) is -0.0675. The Kier molecular flexibility index (Phi) is 8.03. The highest BCUT2D eigenvalue weighted by atomic mass is 16.6. The number of esters is 1.